The van der Waals surface area contributed by atoms with Crippen molar-refractivity contribution >= 4 is 62.1 Å². The summed E-state index contributed by atoms with van der Waals surface area (Å²) in [7, 11) is 0. The highest BCUT2D eigenvalue weighted by atomic mass is 16.3. The molecule has 6 aromatic carbocycles. The molecular weight excluding hydrogens is 497 g/mol. The normalized spacial score (nSPS) is 13.0. The minimum Gasteiger partial charge on any atom is -0.456 e. The molecule has 0 bridgehead atoms. The molecule has 3 heterocycles. The average Bonchev–Trinajstić information content (AvgIpc) is 3.54. The van der Waals surface area contributed by atoms with Crippen molar-refractivity contribution in [1.82, 2.24) is 0 Å². The largest absolute Gasteiger partial charge is 0.456 e. The maximum Gasteiger partial charge on any atom is 0.248 e. The van der Waals surface area contributed by atoms with Gasteiger partial charge in [-0.25, -0.2) is 0 Å². The molecule has 0 spiro atoms. The molecule has 0 atom stereocenters. The monoisotopic (exact) mass is 523 g/mol. The van der Waals surface area contributed by atoms with Crippen LogP contribution in [0.2, 0.25) is 0 Å². The maximum absolute atomic E-state index is 6.30. The third kappa shape index (κ3) is 3.15. The molecule has 9 rings (SSSR count). The molecule has 2 nitrogen and oxygen atoms in total. The van der Waals surface area contributed by atoms with Gasteiger partial charge in [0, 0.05) is 27.8 Å². The molecule has 0 amide bonds. The van der Waals surface area contributed by atoms with Gasteiger partial charge in [0.05, 0.1) is 0 Å². The van der Waals surface area contributed by atoms with Crippen molar-refractivity contribution in [1.29, 1.82) is 0 Å². The van der Waals surface area contributed by atoms with Gasteiger partial charge < -0.3 is 9.32 Å². The molecule has 0 radical (unpaired) electrons. The highest BCUT2D eigenvalue weighted by Crippen LogP contribution is 2.45. The van der Waals surface area contributed by atoms with Crippen LogP contribution >= 0.6 is 0 Å². The lowest BCUT2D eigenvalue weighted by molar-refractivity contribution is 0.669. The second-order valence-corrected chi connectivity index (χ2v) is 11.5. The number of rotatable bonds is 2. The van der Waals surface area contributed by atoms with Crippen LogP contribution in [0.5, 0.6) is 0 Å². The van der Waals surface area contributed by atoms with Crippen LogP contribution in [-0.4, -0.2) is 6.71 Å². The zero-order chi connectivity index (χ0) is 27.2. The molecule has 0 saturated carbocycles. The molecule has 0 N–H and O–H groups in total. The van der Waals surface area contributed by atoms with Gasteiger partial charge in [-0.3, -0.25) is 0 Å². The highest BCUT2D eigenvalue weighted by molar-refractivity contribution is 7.01. The fraction of sp³-hybridized carbons (Fsp3) is 0.0526. The molecule has 1 aromatic heterocycles. The summed E-state index contributed by atoms with van der Waals surface area (Å²) < 4.78 is 6.30. The van der Waals surface area contributed by atoms with Gasteiger partial charge in [0.25, 0.3) is 0 Å². The Labute approximate surface area is 239 Å². The number of furan rings is 1. The second-order valence-electron chi connectivity index (χ2n) is 11.5. The molecule has 2 aliphatic heterocycles. The standard InChI is InChI=1S/C38H26BNO/c1-23-9-7-10-26(19-23)40-33-20-24(2)17-18-32(33)39-31-14-5-3-11-28(31)30-21-25(22-34(40)38(30)39)27-13-8-16-36-37(27)29-12-4-6-15-35(29)41-36/h3-22H,1-2H3. The zero-order valence-corrected chi connectivity index (χ0v) is 23.0. The van der Waals surface area contributed by atoms with E-state index in [-0.39, 0.29) is 6.71 Å². The fourth-order valence-electron chi connectivity index (χ4n) is 7.26. The Balaban J connectivity index is 1.41. The predicted octanol–water partition coefficient (Wildman–Crippen LogP) is 8.15. The number of hydrogen-bond acceptors (Lipinski definition) is 2. The van der Waals surface area contributed by atoms with Crippen LogP contribution < -0.4 is 21.3 Å². The summed E-state index contributed by atoms with van der Waals surface area (Å²) in [5.41, 5.74) is 17.3. The summed E-state index contributed by atoms with van der Waals surface area (Å²) in [4.78, 5) is 2.49. The first-order chi connectivity index (χ1) is 20.2. The van der Waals surface area contributed by atoms with Crippen molar-refractivity contribution in [2.24, 2.45) is 0 Å². The number of anilines is 3. The summed E-state index contributed by atoms with van der Waals surface area (Å²) in [6.45, 7) is 4.58. The lowest BCUT2D eigenvalue weighted by Crippen LogP contribution is -2.54. The summed E-state index contributed by atoms with van der Waals surface area (Å²) in [5, 5.41) is 2.33. The second kappa shape index (κ2) is 8.25. The number of benzene rings is 6. The Morgan fingerprint density at radius 1 is 0.561 bits per heavy atom. The molecule has 41 heavy (non-hydrogen) atoms. The number of hydrogen-bond donors (Lipinski definition) is 0. The van der Waals surface area contributed by atoms with E-state index in [9.17, 15) is 0 Å². The maximum atomic E-state index is 6.30. The quantitative estimate of drug-likeness (QED) is 0.213. The SMILES string of the molecule is Cc1cccc(N2c3cc(C)ccc3B3c4ccccc4-c4cc(-c5cccc6oc7ccccc7c56)cc2c43)c1. The molecule has 192 valence electrons. The van der Waals surface area contributed by atoms with Crippen LogP contribution in [0.1, 0.15) is 11.1 Å². The van der Waals surface area contributed by atoms with Crippen molar-refractivity contribution < 1.29 is 4.42 Å². The summed E-state index contributed by atoms with van der Waals surface area (Å²) in [6, 6.07) is 44.5. The van der Waals surface area contributed by atoms with Crippen molar-refractivity contribution in [2.75, 3.05) is 4.90 Å². The van der Waals surface area contributed by atoms with E-state index < -0.39 is 0 Å². The molecule has 0 unspecified atom stereocenters. The summed E-state index contributed by atoms with van der Waals surface area (Å²) in [6.07, 6.45) is 0. The average molecular weight is 523 g/mol. The van der Waals surface area contributed by atoms with Crippen LogP contribution in [0.25, 0.3) is 44.2 Å². The van der Waals surface area contributed by atoms with Gasteiger partial charge in [0.1, 0.15) is 11.2 Å². The molecule has 2 aliphatic rings. The first kappa shape index (κ1) is 22.8. The van der Waals surface area contributed by atoms with Crippen LogP contribution in [0.4, 0.5) is 17.1 Å². The van der Waals surface area contributed by atoms with E-state index >= 15 is 0 Å². The van der Waals surface area contributed by atoms with Crippen molar-refractivity contribution in [3.63, 3.8) is 0 Å². The fourth-order valence-corrected chi connectivity index (χ4v) is 7.26. The molecule has 0 saturated heterocycles. The number of nitrogens with zero attached hydrogens (tertiary/aromatic N) is 1. The van der Waals surface area contributed by atoms with E-state index in [1.54, 1.807) is 0 Å². The van der Waals surface area contributed by atoms with E-state index in [4.69, 9.17) is 4.42 Å². The van der Waals surface area contributed by atoms with E-state index in [1.807, 2.05) is 6.07 Å². The van der Waals surface area contributed by atoms with Gasteiger partial charge >= 0.3 is 0 Å². The smallest absolute Gasteiger partial charge is 0.248 e. The Morgan fingerprint density at radius 2 is 1.34 bits per heavy atom. The zero-order valence-electron chi connectivity index (χ0n) is 23.0. The Hall–Kier alpha value is -5.02. The van der Waals surface area contributed by atoms with Gasteiger partial charge in [-0.2, -0.15) is 0 Å². The van der Waals surface area contributed by atoms with Crippen LogP contribution in [-0.2, 0) is 0 Å². The van der Waals surface area contributed by atoms with E-state index in [0.717, 1.165) is 16.6 Å². The number of para-hydroxylation sites is 1. The topological polar surface area (TPSA) is 16.4 Å². The minimum absolute atomic E-state index is 0.215. The Kier molecular flexibility index (Phi) is 4.58. The highest BCUT2D eigenvalue weighted by Gasteiger charge is 2.42. The van der Waals surface area contributed by atoms with Crippen LogP contribution in [0.15, 0.2) is 126 Å². The molecule has 0 aliphatic carbocycles. The van der Waals surface area contributed by atoms with Gasteiger partial charge in [-0.1, -0.05) is 84.3 Å². The predicted molar refractivity (Wildman–Crippen MR) is 173 cm³/mol. The number of aryl methyl sites for hydroxylation is 2. The third-order valence-electron chi connectivity index (χ3n) is 8.96. The van der Waals surface area contributed by atoms with Gasteiger partial charge in [-0.05, 0) is 101 Å². The van der Waals surface area contributed by atoms with Gasteiger partial charge in [0.15, 0.2) is 0 Å². The van der Waals surface area contributed by atoms with Gasteiger partial charge in [0.2, 0.25) is 6.71 Å². The Bertz CT molecular complexity index is 2210. The van der Waals surface area contributed by atoms with E-state index in [1.165, 1.54) is 72.2 Å². The van der Waals surface area contributed by atoms with Gasteiger partial charge in [-0.15, -0.1) is 0 Å². The summed E-state index contributed by atoms with van der Waals surface area (Å²) in [5.74, 6) is 0. The first-order valence-electron chi connectivity index (χ1n) is 14.3. The summed E-state index contributed by atoms with van der Waals surface area (Å²) >= 11 is 0. The van der Waals surface area contributed by atoms with E-state index in [0.29, 0.717) is 0 Å². The molecular formula is C38H26BNO. The molecule has 7 aromatic rings. The Morgan fingerprint density at radius 3 is 2.27 bits per heavy atom. The molecule has 3 heteroatoms. The van der Waals surface area contributed by atoms with E-state index in [2.05, 4.69) is 134 Å². The lowest BCUT2D eigenvalue weighted by atomic mass is 9.37. The third-order valence-corrected chi connectivity index (χ3v) is 8.96. The van der Waals surface area contributed by atoms with Crippen LogP contribution in [0.3, 0.4) is 0 Å². The first-order valence-corrected chi connectivity index (χ1v) is 14.3. The lowest BCUT2D eigenvalue weighted by Gasteiger charge is -2.36. The minimum atomic E-state index is 0.215. The van der Waals surface area contributed by atoms with Crippen LogP contribution in [0, 0.1) is 13.8 Å². The van der Waals surface area contributed by atoms with Crippen molar-refractivity contribution in [3.05, 3.63) is 132 Å². The van der Waals surface area contributed by atoms with Crippen molar-refractivity contribution in [3.8, 4) is 22.3 Å². The molecule has 0 fully saturated rings. The number of fused-ring (bicyclic) bond motifs is 8. The van der Waals surface area contributed by atoms with Crippen molar-refractivity contribution in [2.45, 2.75) is 13.8 Å².